The number of halogens is 1. The number of nitrogen functional groups attached to an aromatic ring is 1. The molecular weight excluding hydrogens is 388 g/mol. The van der Waals surface area contributed by atoms with E-state index in [2.05, 4.69) is 9.98 Å². The van der Waals surface area contributed by atoms with Crippen molar-refractivity contribution in [2.75, 3.05) is 38.6 Å². The van der Waals surface area contributed by atoms with Crippen LogP contribution in [0.4, 0.5) is 5.82 Å². The highest BCUT2D eigenvalue weighted by molar-refractivity contribution is 8.13. The molecule has 3 rings (SSSR count). The average molecular weight is 413 g/mol. The summed E-state index contributed by atoms with van der Waals surface area (Å²) in [5.74, 6) is 0.681. The highest BCUT2D eigenvalue weighted by atomic mass is 35.5. The van der Waals surface area contributed by atoms with Crippen LogP contribution in [0, 0.1) is 5.41 Å². The van der Waals surface area contributed by atoms with Crippen LogP contribution in [0.3, 0.4) is 0 Å². The maximum absolute atomic E-state index is 9.73. The lowest BCUT2D eigenvalue weighted by molar-refractivity contribution is 0.0932. The lowest BCUT2D eigenvalue weighted by Crippen LogP contribution is -2.42. The van der Waals surface area contributed by atoms with E-state index in [9.17, 15) is 5.11 Å². The molecule has 3 heterocycles. The zero-order valence-corrected chi connectivity index (χ0v) is 16.6. The third-order valence-electron chi connectivity index (χ3n) is 5.14. The minimum Gasteiger partial charge on any atom is -0.390 e. The van der Waals surface area contributed by atoms with Crippen LogP contribution in [0.25, 0.3) is 0 Å². The Hall–Kier alpha value is -1.68. The van der Waals surface area contributed by atoms with Gasteiger partial charge in [0.2, 0.25) is 0 Å². The van der Waals surface area contributed by atoms with Gasteiger partial charge in [-0.2, -0.15) is 0 Å². The van der Waals surface area contributed by atoms with E-state index in [0.717, 1.165) is 57.3 Å². The molecule has 148 valence electrons. The molecule has 0 aromatic carbocycles. The summed E-state index contributed by atoms with van der Waals surface area (Å²) in [7, 11) is 0. The van der Waals surface area contributed by atoms with Gasteiger partial charge in [0.1, 0.15) is 17.3 Å². The van der Waals surface area contributed by atoms with Gasteiger partial charge in [-0.25, -0.2) is 9.98 Å². The first-order chi connectivity index (χ1) is 12.9. The lowest BCUT2D eigenvalue weighted by Gasteiger charge is -2.39. The van der Waals surface area contributed by atoms with Gasteiger partial charge in [-0.05, 0) is 30.7 Å². The Balaban J connectivity index is 1.70. The number of aliphatic imine (C=N–C) groups is 1. The zero-order chi connectivity index (χ0) is 19.4. The Labute approximate surface area is 167 Å². The molecule has 1 aromatic heterocycles. The molecule has 2 saturated heterocycles. The number of nitrogens with two attached hydrogens (primary N) is 3. The summed E-state index contributed by atoms with van der Waals surface area (Å²) in [4.78, 5) is 10.9. The molecule has 0 bridgehead atoms. The maximum atomic E-state index is 9.73. The number of hydrogen-bond acceptors (Lipinski definition) is 8. The van der Waals surface area contributed by atoms with Gasteiger partial charge in [-0.3, -0.25) is 0 Å². The predicted octanol–water partition coefficient (Wildman–Crippen LogP) is 1.35. The van der Waals surface area contributed by atoms with Gasteiger partial charge in [-0.15, -0.1) is 0 Å². The minimum atomic E-state index is -0.302. The normalized spacial score (nSPS) is 20.8. The van der Waals surface area contributed by atoms with E-state index < -0.39 is 0 Å². The molecule has 0 radical (unpaired) electrons. The number of ether oxygens (including phenoxy) is 1. The van der Waals surface area contributed by atoms with Crippen LogP contribution in [0.2, 0.25) is 5.02 Å². The Morgan fingerprint density at radius 1 is 1.37 bits per heavy atom. The molecule has 10 heteroatoms. The van der Waals surface area contributed by atoms with Gasteiger partial charge in [-0.1, -0.05) is 23.4 Å². The predicted molar refractivity (Wildman–Crippen MR) is 108 cm³/mol. The van der Waals surface area contributed by atoms with Gasteiger partial charge in [0.25, 0.3) is 0 Å². The maximum Gasteiger partial charge on any atom is 0.163 e. The first-order valence-electron chi connectivity index (χ1n) is 8.78. The fraction of sp³-hybridized carbons (Fsp3) is 0.529. The average Bonchev–Trinajstić information content (AvgIpc) is 3.11. The number of likely N-dealkylation sites (tertiary alicyclic amines) is 1. The van der Waals surface area contributed by atoms with Crippen molar-refractivity contribution in [3.8, 4) is 0 Å². The van der Waals surface area contributed by atoms with E-state index in [1.54, 1.807) is 12.3 Å². The van der Waals surface area contributed by atoms with Crippen molar-refractivity contribution < 1.29 is 9.84 Å². The lowest BCUT2D eigenvalue weighted by atomic mass is 9.78. The number of thioether (sulfide) groups is 1. The summed E-state index contributed by atoms with van der Waals surface area (Å²) in [6.07, 6.45) is 4.69. The Bertz CT molecular complexity index is 741. The first kappa shape index (κ1) is 20.1. The second-order valence-electron chi connectivity index (χ2n) is 6.84. The van der Waals surface area contributed by atoms with Crippen molar-refractivity contribution >= 4 is 34.3 Å². The van der Waals surface area contributed by atoms with E-state index in [1.807, 2.05) is 4.90 Å². The second-order valence-corrected chi connectivity index (χ2v) is 8.28. The topological polar surface area (TPSA) is 136 Å². The molecule has 0 saturated carbocycles. The Morgan fingerprint density at radius 3 is 2.74 bits per heavy atom. The smallest absolute Gasteiger partial charge is 0.163 e. The number of anilines is 1. The summed E-state index contributed by atoms with van der Waals surface area (Å²) < 4.78 is 5.56. The fourth-order valence-electron chi connectivity index (χ4n) is 3.41. The van der Waals surface area contributed by atoms with Gasteiger partial charge in [0, 0.05) is 30.8 Å². The van der Waals surface area contributed by atoms with E-state index in [-0.39, 0.29) is 23.0 Å². The van der Waals surface area contributed by atoms with E-state index in [4.69, 9.17) is 33.5 Å². The number of nitrogens with zero attached hydrogens (tertiary/aromatic N) is 3. The van der Waals surface area contributed by atoms with Crippen molar-refractivity contribution in [3.63, 3.8) is 0 Å². The standard InChI is InChI=1S/C17H25ClN6O2S/c18-13-12(1-5-22-14(13)19)27-16(21)23-11(9-25)15(20)24-6-2-17(3-7-24)4-8-26-10-17/h1,5,25H,2-4,6-10,20H2,(H2,19,22)(H2,21,23)/b15-11+. The second kappa shape index (κ2) is 8.55. The summed E-state index contributed by atoms with van der Waals surface area (Å²) >= 11 is 7.28. The van der Waals surface area contributed by atoms with Gasteiger partial charge >= 0.3 is 0 Å². The number of pyridine rings is 1. The van der Waals surface area contributed by atoms with Gasteiger partial charge in [0.05, 0.1) is 18.2 Å². The Morgan fingerprint density at radius 2 is 2.11 bits per heavy atom. The number of amidine groups is 1. The van der Waals surface area contributed by atoms with Gasteiger partial charge < -0.3 is 31.9 Å². The molecule has 1 spiro atoms. The van der Waals surface area contributed by atoms with Gasteiger partial charge in [0.15, 0.2) is 5.17 Å². The number of rotatable bonds is 4. The SMILES string of the molecule is NC(=N/C(CO)=C(\N)N1CCC2(CCOC2)CC1)Sc1ccnc(N)c1Cl. The van der Waals surface area contributed by atoms with E-state index in [0.29, 0.717) is 21.4 Å². The molecule has 2 fully saturated rings. The molecule has 27 heavy (non-hydrogen) atoms. The number of aliphatic hydroxyl groups excluding tert-OH is 1. The molecule has 0 unspecified atom stereocenters. The number of aliphatic hydroxyl groups is 1. The largest absolute Gasteiger partial charge is 0.390 e. The third kappa shape index (κ3) is 4.60. The minimum absolute atomic E-state index is 0.215. The Kier molecular flexibility index (Phi) is 6.36. The van der Waals surface area contributed by atoms with Crippen molar-refractivity contribution in [2.45, 2.75) is 24.2 Å². The monoisotopic (exact) mass is 412 g/mol. The van der Waals surface area contributed by atoms with Crippen molar-refractivity contribution in [1.82, 2.24) is 9.88 Å². The number of hydrogen-bond donors (Lipinski definition) is 4. The molecule has 7 N–H and O–H groups in total. The van der Waals surface area contributed by atoms with Crippen LogP contribution in [-0.2, 0) is 4.74 Å². The molecule has 0 atom stereocenters. The fourth-order valence-corrected chi connectivity index (χ4v) is 4.34. The molecular formula is C17H25ClN6O2S. The summed E-state index contributed by atoms with van der Waals surface area (Å²) in [5, 5.41) is 10.3. The van der Waals surface area contributed by atoms with Crippen LogP contribution < -0.4 is 17.2 Å². The highest BCUT2D eigenvalue weighted by Crippen LogP contribution is 2.39. The van der Waals surface area contributed by atoms with E-state index in [1.165, 1.54) is 0 Å². The van der Waals surface area contributed by atoms with Crippen LogP contribution in [0.5, 0.6) is 0 Å². The van der Waals surface area contributed by atoms with Crippen LogP contribution in [-0.4, -0.2) is 53.1 Å². The summed E-state index contributed by atoms with van der Waals surface area (Å²) in [5.41, 5.74) is 18.6. The quantitative estimate of drug-likeness (QED) is 0.330. The zero-order valence-electron chi connectivity index (χ0n) is 15.0. The third-order valence-corrected chi connectivity index (χ3v) is 6.51. The van der Waals surface area contributed by atoms with Crippen molar-refractivity contribution in [2.24, 2.45) is 21.9 Å². The van der Waals surface area contributed by atoms with Crippen LogP contribution >= 0.6 is 23.4 Å². The highest BCUT2D eigenvalue weighted by Gasteiger charge is 2.38. The molecule has 1 aromatic rings. The molecule has 2 aliphatic rings. The molecule has 8 nitrogen and oxygen atoms in total. The molecule has 2 aliphatic heterocycles. The van der Waals surface area contributed by atoms with Crippen molar-refractivity contribution in [3.05, 3.63) is 28.8 Å². The van der Waals surface area contributed by atoms with Crippen LogP contribution in [0.1, 0.15) is 19.3 Å². The summed E-state index contributed by atoms with van der Waals surface area (Å²) in [6, 6.07) is 1.70. The number of piperidine rings is 1. The van der Waals surface area contributed by atoms with Crippen LogP contribution in [0.15, 0.2) is 33.7 Å². The summed E-state index contributed by atoms with van der Waals surface area (Å²) in [6.45, 7) is 2.99. The number of aromatic nitrogens is 1. The van der Waals surface area contributed by atoms with E-state index >= 15 is 0 Å². The van der Waals surface area contributed by atoms with Crippen molar-refractivity contribution in [1.29, 1.82) is 0 Å². The molecule has 0 amide bonds. The first-order valence-corrected chi connectivity index (χ1v) is 9.98. The molecule has 0 aliphatic carbocycles.